The second kappa shape index (κ2) is 10.1. The molecule has 3 amide bonds. The van der Waals surface area contributed by atoms with E-state index in [9.17, 15) is 19.2 Å². The first-order valence-corrected chi connectivity index (χ1v) is 10.6. The first kappa shape index (κ1) is 24.3. The zero-order valence-corrected chi connectivity index (χ0v) is 20.0. The molecule has 1 N–H and O–H groups in total. The van der Waals surface area contributed by atoms with E-state index in [-0.39, 0.29) is 34.5 Å². The van der Waals surface area contributed by atoms with Crippen LogP contribution in [0.5, 0.6) is 5.75 Å². The number of carbonyl (C=O) groups is 4. The predicted octanol–water partition coefficient (Wildman–Crippen LogP) is 3.52. The van der Waals surface area contributed by atoms with E-state index in [0.717, 1.165) is 4.90 Å². The lowest BCUT2D eigenvalue weighted by molar-refractivity contribution is -0.147. The van der Waals surface area contributed by atoms with Gasteiger partial charge in [-0.1, -0.05) is 11.6 Å². The molecule has 1 aromatic carbocycles. The van der Waals surface area contributed by atoms with Crippen molar-refractivity contribution in [3.8, 4) is 5.75 Å². The maximum absolute atomic E-state index is 12.7. The SMILES string of the molecule is COC(=O)c1ccc(CN2C(=O)N/C(=C\c3cc(Cl)c(O[C@@H](C)C(=O)OC)c(Br)c3)C2=O)o1. The topological polar surface area (TPSA) is 124 Å². The van der Waals surface area contributed by atoms with Crippen LogP contribution < -0.4 is 10.1 Å². The van der Waals surface area contributed by atoms with Gasteiger partial charge in [-0.2, -0.15) is 0 Å². The molecule has 12 heteroatoms. The van der Waals surface area contributed by atoms with Crippen LogP contribution in [-0.4, -0.2) is 49.1 Å². The summed E-state index contributed by atoms with van der Waals surface area (Å²) in [6.45, 7) is 1.33. The van der Waals surface area contributed by atoms with Gasteiger partial charge in [0, 0.05) is 0 Å². The number of hydrogen-bond acceptors (Lipinski definition) is 8. The number of nitrogens with one attached hydrogen (secondary N) is 1. The Morgan fingerprint density at radius 3 is 2.61 bits per heavy atom. The molecule has 1 aliphatic rings. The van der Waals surface area contributed by atoms with Gasteiger partial charge in [0.2, 0.25) is 5.76 Å². The molecule has 0 spiro atoms. The minimum absolute atomic E-state index is 0.0133. The molecule has 174 valence electrons. The van der Waals surface area contributed by atoms with Crippen molar-refractivity contribution in [1.82, 2.24) is 10.2 Å². The van der Waals surface area contributed by atoms with Crippen LogP contribution in [0.15, 0.2) is 38.9 Å². The first-order valence-electron chi connectivity index (χ1n) is 9.39. The Kier molecular flexibility index (Phi) is 7.44. The van der Waals surface area contributed by atoms with E-state index in [1.807, 2.05) is 0 Å². The van der Waals surface area contributed by atoms with Crippen molar-refractivity contribution in [2.45, 2.75) is 19.6 Å². The van der Waals surface area contributed by atoms with Gasteiger partial charge < -0.3 is 23.9 Å². The second-order valence-electron chi connectivity index (χ2n) is 6.73. The standard InChI is InChI=1S/C21H18BrClN2O8/c1-10(19(27)30-2)32-17-13(22)6-11(7-14(17)23)8-15-18(26)25(21(29)24-15)9-12-4-5-16(33-12)20(28)31-3/h4-8,10H,9H2,1-3H3,(H,24,29)/b15-8-/t10-/m0/s1. The smallest absolute Gasteiger partial charge is 0.373 e. The zero-order valence-electron chi connectivity index (χ0n) is 17.6. The Hall–Kier alpha value is -3.31. The number of methoxy groups -OCH3 is 2. The van der Waals surface area contributed by atoms with Gasteiger partial charge in [-0.25, -0.2) is 14.4 Å². The number of carbonyl (C=O) groups excluding carboxylic acids is 4. The monoisotopic (exact) mass is 540 g/mol. The van der Waals surface area contributed by atoms with Gasteiger partial charge in [-0.3, -0.25) is 9.69 Å². The number of amides is 3. The van der Waals surface area contributed by atoms with Crippen molar-refractivity contribution in [3.63, 3.8) is 0 Å². The van der Waals surface area contributed by atoms with Crippen molar-refractivity contribution < 1.29 is 37.8 Å². The molecule has 0 unspecified atom stereocenters. The molecular weight excluding hydrogens is 524 g/mol. The van der Waals surface area contributed by atoms with Crippen LogP contribution >= 0.6 is 27.5 Å². The van der Waals surface area contributed by atoms with E-state index in [1.165, 1.54) is 45.4 Å². The first-order chi connectivity index (χ1) is 15.6. The molecule has 33 heavy (non-hydrogen) atoms. The molecule has 10 nitrogen and oxygen atoms in total. The summed E-state index contributed by atoms with van der Waals surface area (Å²) in [5.74, 6) is -1.43. The molecule has 0 bridgehead atoms. The average Bonchev–Trinajstić information content (AvgIpc) is 3.35. The Morgan fingerprint density at radius 2 is 1.97 bits per heavy atom. The zero-order chi connectivity index (χ0) is 24.3. The summed E-state index contributed by atoms with van der Waals surface area (Å²) in [6.07, 6.45) is 0.547. The fraction of sp³-hybridized carbons (Fsp3) is 0.238. The fourth-order valence-corrected chi connectivity index (χ4v) is 3.84. The lowest BCUT2D eigenvalue weighted by atomic mass is 10.1. The van der Waals surface area contributed by atoms with E-state index < -0.39 is 30.0 Å². The number of esters is 2. The highest BCUT2D eigenvalue weighted by Gasteiger charge is 2.34. The van der Waals surface area contributed by atoms with Gasteiger partial charge in [-0.15, -0.1) is 0 Å². The molecule has 0 saturated carbocycles. The third kappa shape index (κ3) is 5.37. The molecule has 3 rings (SSSR count). The van der Waals surface area contributed by atoms with Gasteiger partial charge in [0.25, 0.3) is 5.91 Å². The van der Waals surface area contributed by atoms with E-state index in [1.54, 1.807) is 6.07 Å². The Morgan fingerprint density at radius 1 is 1.24 bits per heavy atom. The van der Waals surface area contributed by atoms with Crippen LogP contribution in [0.1, 0.15) is 28.8 Å². The minimum Gasteiger partial charge on any atom is -0.476 e. The van der Waals surface area contributed by atoms with Gasteiger partial charge in [0.1, 0.15) is 11.5 Å². The number of ether oxygens (including phenoxy) is 3. The number of rotatable bonds is 7. The quantitative estimate of drug-likeness (QED) is 0.321. The third-order valence-electron chi connectivity index (χ3n) is 4.48. The number of urea groups is 1. The van der Waals surface area contributed by atoms with Crippen molar-refractivity contribution in [2.24, 2.45) is 0 Å². The highest BCUT2D eigenvalue weighted by Crippen LogP contribution is 2.36. The molecular formula is C21H18BrClN2O8. The molecule has 0 radical (unpaired) electrons. The maximum Gasteiger partial charge on any atom is 0.373 e. The number of nitrogens with zero attached hydrogens (tertiary/aromatic N) is 1. The largest absolute Gasteiger partial charge is 0.476 e. The molecule has 2 aromatic rings. The number of furan rings is 1. The minimum atomic E-state index is -0.890. The lowest BCUT2D eigenvalue weighted by Gasteiger charge is -2.15. The molecule has 1 atom stereocenters. The van der Waals surface area contributed by atoms with Crippen LogP contribution in [0.25, 0.3) is 6.08 Å². The highest BCUT2D eigenvalue weighted by atomic mass is 79.9. The molecule has 1 saturated heterocycles. The second-order valence-corrected chi connectivity index (χ2v) is 8.00. The molecule has 1 aliphatic heterocycles. The summed E-state index contributed by atoms with van der Waals surface area (Å²) < 4.78 is 20.5. The van der Waals surface area contributed by atoms with Gasteiger partial charge in [-0.05, 0) is 58.8 Å². The van der Waals surface area contributed by atoms with Gasteiger partial charge >= 0.3 is 18.0 Å². The molecule has 2 heterocycles. The number of imide groups is 1. The number of benzene rings is 1. The number of halogens is 2. The van der Waals surface area contributed by atoms with Crippen LogP contribution in [0.4, 0.5) is 4.79 Å². The Bertz CT molecular complexity index is 1140. The Balaban J connectivity index is 1.78. The third-order valence-corrected chi connectivity index (χ3v) is 5.35. The predicted molar refractivity (Wildman–Crippen MR) is 118 cm³/mol. The van der Waals surface area contributed by atoms with Crippen LogP contribution in [-0.2, 0) is 25.6 Å². The fourth-order valence-electron chi connectivity index (χ4n) is 2.88. The molecule has 0 aliphatic carbocycles. The molecule has 1 fully saturated rings. The van der Waals surface area contributed by atoms with Crippen LogP contribution in [0.2, 0.25) is 5.02 Å². The van der Waals surface area contributed by atoms with Crippen LogP contribution in [0.3, 0.4) is 0 Å². The van der Waals surface area contributed by atoms with E-state index >= 15 is 0 Å². The van der Waals surface area contributed by atoms with Crippen molar-refractivity contribution >= 4 is 57.5 Å². The van der Waals surface area contributed by atoms with E-state index in [0.29, 0.717) is 10.0 Å². The van der Waals surface area contributed by atoms with Crippen molar-refractivity contribution in [3.05, 3.63) is 56.5 Å². The highest BCUT2D eigenvalue weighted by molar-refractivity contribution is 9.10. The molecule has 1 aromatic heterocycles. The summed E-state index contributed by atoms with van der Waals surface area (Å²) in [7, 11) is 2.45. The summed E-state index contributed by atoms with van der Waals surface area (Å²) in [5.41, 5.74) is 0.501. The Labute approximate surface area is 201 Å². The van der Waals surface area contributed by atoms with E-state index in [4.69, 9.17) is 20.8 Å². The summed E-state index contributed by atoms with van der Waals surface area (Å²) in [5, 5.41) is 2.66. The van der Waals surface area contributed by atoms with Crippen LogP contribution in [0, 0.1) is 0 Å². The maximum atomic E-state index is 12.7. The average molecular weight is 542 g/mol. The number of hydrogen-bond donors (Lipinski definition) is 1. The summed E-state index contributed by atoms with van der Waals surface area (Å²) in [6, 6.07) is 5.32. The lowest BCUT2D eigenvalue weighted by Crippen LogP contribution is -2.30. The normalized spacial score (nSPS) is 15.4. The summed E-state index contributed by atoms with van der Waals surface area (Å²) >= 11 is 9.61. The van der Waals surface area contributed by atoms with Gasteiger partial charge in [0.15, 0.2) is 11.9 Å². The van der Waals surface area contributed by atoms with E-state index in [2.05, 4.69) is 30.7 Å². The van der Waals surface area contributed by atoms with Crippen molar-refractivity contribution in [1.29, 1.82) is 0 Å². The van der Waals surface area contributed by atoms with Gasteiger partial charge in [0.05, 0.1) is 30.3 Å². The summed E-state index contributed by atoms with van der Waals surface area (Å²) in [4.78, 5) is 49.1. The van der Waals surface area contributed by atoms with Crippen molar-refractivity contribution in [2.75, 3.05) is 14.2 Å².